The zero-order valence-electron chi connectivity index (χ0n) is 14.1. The van der Waals surface area contributed by atoms with Crippen molar-refractivity contribution in [3.8, 4) is 16.9 Å². The summed E-state index contributed by atoms with van der Waals surface area (Å²) >= 11 is 0. The first kappa shape index (κ1) is 15.5. The van der Waals surface area contributed by atoms with Crippen molar-refractivity contribution in [2.45, 2.75) is 12.5 Å². The van der Waals surface area contributed by atoms with Crippen molar-refractivity contribution in [3.63, 3.8) is 0 Å². The third kappa shape index (κ3) is 3.01. The Morgan fingerprint density at radius 2 is 1.68 bits per heavy atom. The van der Waals surface area contributed by atoms with Crippen LogP contribution in [0.25, 0.3) is 11.1 Å². The summed E-state index contributed by atoms with van der Waals surface area (Å²) in [7, 11) is 1.69. The zero-order valence-corrected chi connectivity index (χ0v) is 14.1. The largest absolute Gasteiger partial charge is 0.497 e. The van der Waals surface area contributed by atoms with Gasteiger partial charge in [0.05, 0.1) is 13.2 Å². The van der Waals surface area contributed by atoms with Gasteiger partial charge in [-0.15, -0.1) is 0 Å². The lowest BCUT2D eigenvalue weighted by atomic mass is 9.91. The van der Waals surface area contributed by atoms with Gasteiger partial charge in [-0.3, -0.25) is 4.99 Å². The first-order chi connectivity index (χ1) is 12.2. The van der Waals surface area contributed by atoms with Gasteiger partial charge in [-0.1, -0.05) is 54.6 Å². The smallest absolute Gasteiger partial charge is 0.126 e. The lowest BCUT2D eigenvalue weighted by Gasteiger charge is -2.22. The van der Waals surface area contributed by atoms with E-state index in [4.69, 9.17) is 15.5 Å². The molecular formula is C22H20N2O. The van der Waals surface area contributed by atoms with Crippen molar-refractivity contribution in [1.82, 2.24) is 0 Å². The van der Waals surface area contributed by atoms with E-state index >= 15 is 0 Å². The number of nitrogens with two attached hydrogens (primary N) is 1. The van der Waals surface area contributed by atoms with Gasteiger partial charge in [0.25, 0.3) is 0 Å². The maximum Gasteiger partial charge on any atom is 0.126 e. The molecule has 0 spiro atoms. The Bertz CT molecular complexity index is 946. The van der Waals surface area contributed by atoms with Crippen molar-refractivity contribution in [1.29, 1.82) is 0 Å². The molecule has 1 unspecified atom stereocenters. The van der Waals surface area contributed by atoms with Crippen LogP contribution >= 0.6 is 0 Å². The van der Waals surface area contributed by atoms with Crippen LogP contribution in [0.15, 0.2) is 77.8 Å². The Morgan fingerprint density at radius 3 is 2.52 bits per heavy atom. The van der Waals surface area contributed by atoms with Gasteiger partial charge in [0, 0.05) is 5.56 Å². The number of methoxy groups -OCH3 is 1. The molecular weight excluding hydrogens is 308 g/mol. The third-order valence-corrected chi connectivity index (χ3v) is 4.68. The number of aliphatic imine (C=N–C) groups is 1. The van der Waals surface area contributed by atoms with Crippen LogP contribution in [-0.2, 0) is 6.42 Å². The fourth-order valence-corrected chi connectivity index (χ4v) is 3.36. The second kappa shape index (κ2) is 6.44. The molecule has 0 saturated carbocycles. The molecule has 4 rings (SSSR count). The van der Waals surface area contributed by atoms with Gasteiger partial charge in [-0.2, -0.15) is 0 Å². The first-order valence-corrected chi connectivity index (χ1v) is 8.40. The highest BCUT2D eigenvalue weighted by Crippen LogP contribution is 2.32. The van der Waals surface area contributed by atoms with E-state index in [2.05, 4.69) is 42.5 Å². The van der Waals surface area contributed by atoms with Gasteiger partial charge < -0.3 is 10.5 Å². The minimum Gasteiger partial charge on any atom is -0.497 e. The van der Waals surface area contributed by atoms with Crippen molar-refractivity contribution in [3.05, 3.63) is 89.5 Å². The number of hydrogen-bond donors (Lipinski definition) is 1. The number of amidine groups is 1. The Hall–Kier alpha value is -3.07. The summed E-state index contributed by atoms with van der Waals surface area (Å²) in [6.45, 7) is 0. The fourth-order valence-electron chi connectivity index (χ4n) is 3.36. The molecule has 3 aromatic carbocycles. The predicted octanol–water partition coefficient (Wildman–Crippen LogP) is 4.36. The zero-order chi connectivity index (χ0) is 17.2. The third-order valence-electron chi connectivity index (χ3n) is 4.68. The van der Waals surface area contributed by atoms with Crippen LogP contribution in [0.3, 0.4) is 0 Å². The molecule has 0 bridgehead atoms. The lowest BCUT2D eigenvalue weighted by Crippen LogP contribution is -2.22. The maximum absolute atomic E-state index is 6.19. The van der Waals surface area contributed by atoms with E-state index in [0.717, 1.165) is 28.9 Å². The fraction of sp³-hybridized carbons (Fsp3) is 0.136. The second-order valence-corrected chi connectivity index (χ2v) is 6.25. The lowest BCUT2D eigenvalue weighted by molar-refractivity contribution is 0.415. The Labute approximate surface area is 147 Å². The minimum atomic E-state index is 0.0560. The molecule has 0 fully saturated rings. The number of hydrogen-bond acceptors (Lipinski definition) is 3. The van der Waals surface area contributed by atoms with E-state index in [0.29, 0.717) is 5.84 Å². The summed E-state index contributed by atoms with van der Waals surface area (Å²) in [5.41, 5.74) is 12.0. The molecule has 124 valence electrons. The molecule has 0 amide bonds. The molecule has 0 aliphatic carbocycles. The Morgan fingerprint density at radius 1 is 0.920 bits per heavy atom. The van der Waals surface area contributed by atoms with Crippen LogP contribution in [0.4, 0.5) is 0 Å². The van der Waals surface area contributed by atoms with Gasteiger partial charge in [0.15, 0.2) is 0 Å². The normalized spacial score (nSPS) is 16.0. The molecule has 1 heterocycles. The van der Waals surface area contributed by atoms with Gasteiger partial charge in [0.1, 0.15) is 11.6 Å². The molecule has 0 radical (unpaired) electrons. The van der Waals surface area contributed by atoms with E-state index < -0.39 is 0 Å². The Balaban J connectivity index is 1.70. The predicted molar refractivity (Wildman–Crippen MR) is 102 cm³/mol. The van der Waals surface area contributed by atoms with E-state index in [9.17, 15) is 0 Å². The van der Waals surface area contributed by atoms with E-state index in [-0.39, 0.29) is 6.04 Å². The number of benzene rings is 3. The summed E-state index contributed by atoms with van der Waals surface area (Å²) in [5, 5.41) is 0. The molecule has 0 saturated heterocycles. The van der Waals surface area contributed by atoms with Crippen molar-refractivity contribution < 1.29 is 4.74 Å². The topological polar surface area (TPSA) is 47.6 Å². The van der Waals surface area contributed by atoms with Crippen molar-refractivity contribution in [2.24, 2.45) is 10.7 Å². The SMILES string of the molecule is COc1cccc(-c2cccc(C3Cc4ccccc4C(N)=N3)c2)c1. The summed E-state index contributed by atoms with van der Waals surface area (Å²) in [6, 6.07) is 24.9. The summed E-state index contributed by atoms with van der Waals surface area (Å²) < 4.78 is 5.34. The van der Waals surface area contributed by atoms with Crippen LogP contribution in [0.1, 0.15) is 22.7 Å². The molecule has 1 aliphatic heterocycles. The highest BCUT2D eigenvalue weighted by Gasteiger charge is 2.20. The molecule has 2 N–H and O–H groups in total. The standard InChI is InChI=1S/C22H20N2O/c1-25-19-10-5-8-16(13-19)15-7-4-9-18(12-15)21-14-17-6-2-3-11-20(17)22(23)24-21/h2-13,21H,14H2,1H3,(H2,23,24). The number of nitrogens with zero attached hydrogens (tertiary/aromatic N) is 1. The summed E-state index contributed by atoms with van der Waals surface area (Å²) in [5.74, 6) is 1.48. The molecule has 3 heteroatoms. The van der Waals surface area contributed by atoms with Gasteiger partial charge in [-0.25, -0.2) is 0 Å². The van der Waals surface area contributed by atoms with Crippen molar-refractivity contribution >= 4 is 5.84 Å². The van der Waals surface area contributed by atoms with E-state index in [1.807, 2.05) is 30.3 Å². The van der Waals surface area contributed by atoms with Crippen LogP contribution < -0.4 is 10.5 Å². The quantitative estimate of drug-likeness (QED) is 0.776. The summed E-state index contributed by atoms with van der Waals surface area (Å²) in [4.78, 5) is 4.73. The van der Waals surface area contributed by atoms with Crippen molar-refractivity contribution in [2.75, 3.05) is 7.11 Å². The number of ether oxygens (including phenoxy) is 1. The summed E-state index contributed by atoms with van der Waals surface area (Å²) in [6.07, 6.45) is 0.873. The number of rotatable bonds is 3. The molecule has 1 aliphatic rings. The number of fused-ring (bicyclic) bond motifs is 1. The van der Waals surface area contributed by atoms with Gasteiger partial charge in [0.2, 0.25) is 0 Å². The average Bonchev–Trinajstić information content (AvgIpc) is 2.68. The molecule has 3 aromatic rings. The maximum atomic E-state index is 6.19. The van der Waals surface area contributed by atoms with Crippen LogP contribution in [0.5, 0.6) is 5.75 Å². The monoisotopic (exact) mass is 328 g/mol. The molecule has 3 nitrogen and oxygen atoms in total. The molecule has 0 aromatic heterocycles. The molecule has 25 heavy (non-hydrogen) atoms. The van der Waals surface area contributed by atoms with Crippen LogP contribution in [0, 0.1) is 0 Å². The van der Waals surface area contributed by atoms with Crippen LogP contribution in [-0.4, -0.2) is 12.9 Å². The Kier molecular flexibility index (Phi) is 3.98. The van der Waals surface area contributed by atoms with Gasteiger partial charge >= 0.3 is 0 Å². The minimum absolute atomic E-state index is 0.0560. The first-order valence-electron chi connectivity index (χ1n) is 8.40. The molecule has 1 atom stereocenters. The van der Waals surface area contributed by atoms with Crippen LogP contribution in [0.2, 0.25) is 0 Å². The second-order valence-electron chi connectivity index (χ2n) is 6.25. The average molecular weight is 328 g/mol. The van der Waals surface area contributed by atoms with E-state index in [1.54, 1.807) is 7.11 Å². The van der Waals surface area contributed by atoms with E-state index in [1.165, 1.54) is 11.1 Å². The highest BCUT2D eigenvalue weighted by atomic mass is 16.5. The highest BCUT2D eigenvalue weighted by molar-refractivity contribution is 5.99. The van der Waals surface area contributed by atoms with Gasteiger partial charge in [-0.05, 0) is 46.9 Å².